The maximum atomic E-state index is 12.4. The van der Waals surface area contributed by atoms with Gasteiger partial charge >= 0.3 is 0 Å². The molecule has 0 radical (unpaired) electrons. The molecule has 1 atom stereocenters. The topological polar surface area (TPSA) is 54.0 Å². The summed E-state index contributed by atoms with van der Waals surface area (Å²) in [6.07, 6.45) is 0.762. The van der Waals surface area contributed by atoms with E-state index in [1.54, 1.807) is 11.3 Å². The number of hydrogen-bond acceptors (Lipinski definition) is 5. The number of aryl methyl sites for hydroxylation is 1. The van der Waals surface area contributed by atoms with Crippen molar-refractivity contribution in [3.8, 4) is 0 Å². The zero-order valence-electron chi connectivity index (χ0n) is 11.9. The second-order valence-corrected chi connectivity index (χ2v) is 6.37. The number of aromatic nitrogens is 1. The quantitative estimate of drug-likeness (QED) is 0.855. The lowest BCUT2D eigenvalue weighted by molar-refractivity contribution is 0.0943. The van der Waals surface area contributed by atoms with Crippen molar-refractivity contribution in [2.24, 2.45) is 0 Å². The minimum absolute atomic E-state index is 0.0249. The molecule has 0 aliphatic heterocycles. The first-order valence-electron chi connectivity index (χ1n) is 6.73. The van der Waals surface area contributed by atoms with Gasteiger partial charge in [-0.1, -0.05) is 24.3 Å². The number of carbonyl (C=O) groups is 1. The van der Waals surface area contributed by atoms with Crippen LogP contribution in [0, 0.1) is 0 Å². The molecule has 0 saturated heterocycles. The first kappa shape index (κ1) is 15.0. The molecule has 108 valence electrons. The van der Waals surface area contributed by atoms with Gasteiger partial charge in [0, 0.05) is 11.4 Å². The Hall–Kier alpha value is -1.40. The average molecular weight is 309 g/mol. The van der Waals surface area contributed by atoms with Crippen LogP contribution in [0.5, 0.6) is 0 Å². The van der Waals surface area contributed by atoms with Crippen molar-refractivity contribution in [3.63, 3.8) is 0 Å². The Morgan fingerprint density at radius 2 is 2.25 bits per heavy atom. The average Bonchev–Trinajstić information content (AvgIpc) is 3.08. The lowest BCUT2D eigenvalue weighted by Gasteiger charge is -2.11. The maximum absolute atomic E-state index is 12.4. The number of nitrogens with zero attached hydrogens (tertiary/aromatic N) is 1. The van der Waals surface area contributed by atoms with Gasteiger partial charge in [0.05, 0.1) is 11.7 Å². The highest BCUT2D eigenvalue weighted by molar-refractivity contribution is 7.17. The number of amides is 1. The molecule has 4 nitrogen and oxygen atoms in total. The van der Waals surface area contributed by atoms with Gasteiger partial charge in [-0.3, -0.25) is 4.79 Å². The van der Waals surface area contributed by atoms with Crippen LogP contribution in [-0.4, -0.2) is 17.4 Å². The Balaban J connectivity index is 2.12. The van der Waals surface area contributed by atoms with Gasteiger partial charge in [-0.2, -0.15) is 0 Å². The third-order valence-corrected chi connectivity index (χ3v) is 4.99. The van der Waals surface area contributed by atoms with E-state index in [-0.39, 0.29) is 11.9 Å². The summed E-state index contributed by atoms with van der Waals surface area (Å²) < 4.78 is 0. The van der Waals surface area contributed by atoms with Crippen LogP contribution in [0.1, 0.15) is 47.1 Å². The van der Waals surface area contributed by atoms with Crippen LogP contribution in [0.15, 0.2) is 17.5 Å². The Morgan fingerprint density at radius 3 is 2.85 bits per heavy atom. The fraction of sp³-hybridized carbons (Fsp3) is 0.429. The van der Waals surface area contributed by atoms with E-state index >= 15 is 0 Å². The largest absolute Gasteiger partial charge is 0.362 e. The zero-order chi connectivity index (χ0) is 14.5. The van der Waals surface area contributed by atoms with Crippen LogP contribution in [0.4, 0.5) is 5.13 Å². The van der Waals surface area contributed by atoms with Crippen molar-refractivity contribution in [1.82, 2.24) is 10.3 Å². The number of thiazole rings is 1. The molecule has 2 aromatic heterocycles. The van der Waals surface area contributed by atoms with Crippen LogP contribution in [0.2, 0.25) is 0 Å². The molecular formula is C14H19N3OS2. The Bertz CT molecular complexity index is 563. The minimum atomic E-state index is -0.0376. The Kier molecular flexibility index (Phi) is 5.14. The minimum Gasteiger partial charge on any atom is -0.362 e. The molecule has 2 aromatic rings. The summed E-state index contributed by atoms with van der Waals surface area (Å²) >= 11 is 3.08. The summed E-state index contributed by atoms with van der Waals surface area (Å²) in [4.78, 5) is 18.7. The van der Waals surface area contributed by atoms with Crippen molar-refractivity contribution >= 4 is 33.7 Å². The van der Waals surface area contributed by atoms with Gasteiger partial charge in [-0.15, -0.1) is 11.3 Å². The lowest BCUT2D eigenvalue weighted by atomic mass is 10.2. The second-order valence-electron chi connectivity index (χ2n) is 4.39. The number of anilines is 1. The Labute approximate surface area is 127 Å². The van der Waals surface area contributed by atoms with Crippen molar-refractivity contribution in [2.45, 2.75) is 33.2 Å². The molecule has 0 saturated carbocycles. The summed E-state index contributed by atoms with van der Waals surface area (Å²) in [5, 5.41) is 9.05. The van der Waals surface area contributed by atoms with Crippen molar-refractivity contribution in [1.29, 1.82) is 0 Å². The van der Waals surface area contributed by atoms with Crippen LogP contribution in [0.25, 0.3) is 0 Å². The molecule has 1 unspecified atom stereocenters. The predicted octanol–water partition coefficient (Wildman–Crippen LogP) is 3.69. The van der Waals surface area contributed by atoms with Gasteiger partial charge in [0.15, 0.2) is 5.13 Å². The molecule has 6 heteroatoms. The summed E-state index contributed by atoms with van der Waals surface area (Å²) in [7, 11) is 0. The van der Waals surface area contributed by atoms with E-state index in [9.17, 15) is 4.79 Å². The highest BCUT2D eigenvalue weighted by atomic mass is 32.1. The first-order valence-corrected chi connectivity index (χ1v) is 8.43. The molecule has 20 heavy (non-hydrogen) atoms. The molecule has 2 N–H and O–H groups in total. The number of nitrogens with one attached hydrogen (secondary N) is 2. The first-order chi connectivity index (χ1) is 9.65. The molecule has 0 aromatic carbocycles. The summed E-state index contributed by atoms with van der Waals surface area (Å²) in [6, 6.07) is 4.06. The molecule has 0 aliphatic carbocycles. The van der Waals surface area contributed by atoms with Crippen LogP contribution in [0.3, 0.4) is 0 Å². The van der Waals surface area contributed by atoms with E-state index in [1.807, 2.05) is 38.3 Å². The van der Waals surface area contributed by atoms with E-state index in [4.69, 9.17) is 0 Å². The number of rotatable bonds is 6. The van der Waals surface area contributed by atoms with Crippen LogP contribution >= 0.6 is 22.7 Å². The SMILES string of the molecule is CCNc1nc(CC)c(C(=O)NC(C)c2cccs2)s1. The van der Waals surface area contributed by atoms with Gasteiger partial charge in [0.25, 0.3) is 5.91 Å². The molecule has 0 spiro atoms. The second kappa shape index (κ2) is 6.85. The van der Waals surface area contributed by atoms with Gasteiger partial charge in [0.2, 0.25) is 0 Å². The van der Waals surface area contributed by atoms with Gasteiger partial charge in [-0.25, -0.2) is 4.98 Å². The molecule has 1 amide bonds. The van der Waals surface area contributed by atoms with Gasteiger partial charge in [0.1, 0.15) is 4.88 Å². The molecule has 0 fully saturated rings. The summed E-state index contributed by atoms with van der Waals surface area (Å²) in [5.74, 6) is -0.0376. The number of carbonyl (C=O) groups excluding carboxylic acids is 1. The van der Waals surface area contributed by atoms with E-state index < -0.39 is 0 Å². The number of hydrogen-bond donors (Lipinski definition) is 2. The maximum Gasteiger partial charge on any atom is 0.263 e. The number of thiophene rings is 1. The monoisotopic (exact) mass is 309 g/mol. The predicted molar refractivity (Wildman–Crippen MR) is 85.9 cm³/mol. The summed E-state index contributed by atoms with van der Waals surface area (Å²) in [5.41, 5.74) is 0.863. The van der Waals surface area contributed by atoms with Crippen molar-refractivity contribution in [2.75, 3.05) is 11.9 Å². The van der Waals surface area contributed by atoms with Crippen molar-refractivity contribution < 1.29 is 4.79 Å². The third kappa shape index (κ3) is 3.37. The molecule has 2 heterocycles. The highest BCUT2D eigenvalue weighted by Crippen LogP contribution is 2.25. The molecule has 0 aliphatic rings. The van der Waals surface area contributed by atoms with E-state index in [0.29, 0.717) is 4.88 Å². The lowest BCUT2D eigenvalue weighted by Crippen LogP contribution is -2.26. The molecule has 0 bridgehead atoms. The van der Waals surface area contributed by atoms with Crippen LogP contribution in [-0.2, 0) is 6.42 Å². The zero-order valence-corrected chi connectivity index (χ0v) is 13.5. The normalized spacial score (nSPS) is 12.2. The van der Waals surface area contributed by atoms with E-state index in [0.717, 1.165) is 28.7 Å². The third-order valence-electron chi connectivity index (χ3n) is 2.88. The van der Waals surface area contributed by atoms with E-state index in [2.05, 4.69) is 15.6 Å². The van der Waals surface area contributed by atoms with Crippen LogP contribution < -0.4 is 10.6 Å². The highest BCUT2D eigenvalue weighted by Gasteiger charge is 2.19. The summed E-state index contributed by atoms with van der Waals surface area (Å²) in [6.45, 7) is 6.85. The Morgan fingerprint density at radius 1 is 1.45 bits per heavy atom. The van der Waals surface area contributed by atoms with Crippen molar-refractivity contribution in [3.05, 3.63) is 33.0 Å². The molecular weight excluding hydrogens is 290 g/mol. The smallest absolute Gasteiger partial charge is 0.263 e. The standard InChI is InChI=1S/C14H19N3OS2/c1-4-10-12(20-14(17-10)15-5-2)13(18)16-9(3)11-7-6-8-19-11/h6-9H,4-5H2,1-3H3,(H,15,17)(H,16,18). The fourth-order valence-corrected chi connectivity index (χ4v) is 3.63. The fourth-order valence-electron chi connectivity index (χ4n) is 1.87. The van der Waals surface area contributed by atoms with Gasteiger partial charge < -0.3 is 10.6 Å². The van der Waals surface area contributed by atoms with E-state index in [1.165, 1.54) is 11.3 Å². The molecule has 2 rings (SSSR count). The van der Waals surface area contributed by atoms with Gasteiger partial charge in [-0.05, 0) is 31.7 Å².